The van der Waals surface area contributed by atoms with E-state index in [0.29, 0.717) is 28.9 Å². The first-order valence-corrected chi connectivity index (χ1v) is 7.91. The Kier molecular flexibility index (Phi) is 4.35. The van der Waals surface area contributed by atoms with Crippen LogP contribution in [0.2, 0.25) is 0 Å². The van der Waals surface area contributed by atoms with Crippen LogP contribution in [0.25, 0.3) is 22.3 Å². The van der Waals surface area contributed by atoms with Gasteiger partial charge in [-0.3, -0.25) is 14.3 Å². The van der Waals surface area contributed by atoms with Crippen LogP contribution in [-0.4, -0.2) is 15.8 Å². The summed E-state index contributed by atoms with van der Waals surface area (Å²) >= 11 is 0. The van der Waals surface area contributed by atoms with Crippen molar-refractivity contribution in [3.05, 3.63) is 64.7 Å². The molecule has 3 aromatic rings. The molecule has 2 heterocycles. The van der Waals surface area contributed by atoms with Crippen LogP contribution in [0.1, 0.15) is 12.5 Å². The molecule has 25 heavy (non-hydrogen) atoms. The summed E-state index contributed by atoms with van der Waals surface area (Å²) in [6.07, 6.45) is 4.61. The Labute approximate surface area is 145 Å². The van der Waals surface area contributed by atoms with E-state index in [0.717, 1.165) is 17.3 Å². The fraction of sp³-hybridized carbons (Fsp3) is 0.105. The SMILES string of the molecule is CCn1c(N)c(C=N)cc(-c2ccc(-c3cccnc3)cc2N)c1=O. The highest BCUT2D eigenvalue weighted by Gasteiger charge is 2.14. The number of nitrogens with one attached hydrogen (secondary N) is 1. The minimum Gasteiger partial charge on any atom is -0.398 e. The molecule has 3 rings (SSSR count). The van der Waals surface area contributed by atoms with Crippen LogP contribution in [0, 0.1) is 5.41 Å². The van der Waals surface area contributed by atoms with Crippen LogP contribution in [0.4, 0.5) is 11.5 Å². The van der Waals surface area contributed by atoms with E-state index in [1.54, 1.807) is 18.5 Å². The predicted octanol–water partition coefficient (Wildman–Crippen LogP) is 2.76. The normalized spacial score (nSPS) is 10.6. The first-order valence-electron chi connectivity index (χ1n) is 7.91. The molecule has 0 amide bonds. The molecule has 126 valence electrons. The monoisotopic (exact) mass is 333 g/mol. The number of aromatic nitrogens is 2. The molecule has 0 fully saturated rings. The first kappa shape index (κ1) is 16.4. The Morgan fingerprint density at radius 1 is 1.16 bits per heavy atom. The Hall–Kier alpha value is -3.41. The quantitative estimate of drug-likeness (QED) is 0.503. The molecule has 6 nitrogen and oxygen atoms in total. The molecule has 2 aromatic heterocycles. The molecule has 0 aliphatic carbocycles. The summed E-state index contributed by atoms with van der Waals surface area (Å²) in [6, 6.07) is 11.0. The summed E-state index contributed by atoms with van der Waals surface area (Å²) in [7, 11) is 0. The average Bonchev–Trinajstić information content (AvgIpc) is 2.63. The van der Waals surface area contributed by atoms with Gasteiger partial charge in [-0.05, 0) is 30.7 Å². The lowest BCUT2D eigenvalue weighted by Gasteiger charge is -2.14. The van der Waals surface area contributed by atoms with Crippen molar-refractivity contribution in [2.75, 3.05) is 11.5 Å². The Morgan fingerprint density at radius 2 is 1.96 bits per heavy atom. The van der Waals surface area contributed by atoms with Gasteiger partial charge < -0.3 is 16.9 Å². The smallest absolute Gasteiger partial charge is 0.260 e. The van der Waals surface area contributed by atoms with Crippen molar-refractivity contribution < 1.29 is 0 Å². The molecule has 0 radical (unpaired) electrons. The lowest BCUT2D eigenvalue weighted by molar-refractivity contribution is 0.740. The number of hydrogen-bond acceptors (Lipinski definition) is 5. The van der Waals surface area contributed by atoms with Crippen molar-refractivity contribution in [2.45, 2.75) is 13.5 Å². The summed E-state index contributed by atoms with van der Waals surface area (Å²) in [5, 5.41) is 7.53. The third-order valence-electron chi connectivity index (χ3n) is 4.17. The van der Waals surface area contributed by atoms with Gasteiger partial charge in [0.25, 0.3) is 5.56 Å². The number of pyridine rings is 2. The number of nitrogen functional groups attached to an aromatic ring is 2. The fourth-order valence-corrected chi connectivity index (χ4v) is 2.85. The van der Waals surface area contributed by atoms with Gasteiger partial charge in [-0.1, -0.05) is 18.2 Å². The standard InChI is InChI=1S/C19H19N5O/c1-2-24-18(22)14(10-20)8-16(19(24)25)15-6-5-12(9-17(15)21)13-4-3-7-23-11-13/h3-11,20H,2,21-22H2,1H3. The molecule has 0 saturated heterocycles. The summed E-state index contributed by atoms with van der Waals surface area (Å²) in [5.74, 6) is 0.289. The topological polar surface area (TPSA) is 111 Å². The van der Waals surface area contributed by atoms with E-state index < -0.39 is 0 Å². The van der Waals surface area contributed by atoms with Gasteiger partial charge in [-0.15, -0.1) is 0 Å². The van der Waals surface area contributed by atoms with E-state index in [-0.39, 0.29) is 11.4 Å². The second kappa shape index (κ2) is 6.60. The van der Waals surface area contributed by atoms with Gasteiger partial charge in [0, 0.05) is 47.5 Å². The maximum Gasteiger partial charge on any atom is 0.260 e. The maximum absolute atomic E-state index is 12.7. The summed E-state index contributed by atoms with van der Waals surface area (Å²) in [4.78, 5) is 16.8. The van der Waals surface area contributed by atoms with E-state index in [2.05, 4.69) is 4.98 Å². The van der Waals surface area contributed by atoms with Crippen LogP contribution in [-0.2, 0) is 6.54 Å². The Balaban J connectivity index is 2.18. The minimum absolute atomic E-state index is 0.216. The summed E-state index contributed by atoms with van der Waals surface area (Å²) in [6.45, 7) is 2.26. The average molecular weight is 333 g/mol. The molecule has 0 saturated carbocycles. The molecule has 0 aliphatic rings. The van der Waals surface area contributed by atoms with Crippen LogP contribution in [0.15, 0.2) is 53.6 Å². The highest BCUT2D eigenvalue weighted by atomic mass is 16.1. The zero-order chi connectivity index (χ0) is 18.0. The van der Waals surface area contributed by atoms with Gasteiger partial charge in [-0.25, -0.2) is 0 Å². The van der Waals surface area contributed by atoms with Crippen molar-refractivity contribution in [1.82, 2.24) is 9.55 Å². The summed E-state index contributed by atoms with van der Waals surface area (Å²) < 4.78 is 1.45. The maximum atomic E-state index is 12.7. The number of nitrogens with zero attached hydrogens (tertiary/aromatic N) is 2. The van der Waals surface area contributed by atoms with E-state index in [9.17, 15) is 4.79 Å². The number of hydrogen-bond donors (Lipinski definition) is 3. The van der Waals surface area contributed by atoms with E-state index in [1.165, 1.54) is 4.57 Å². The van der Waals surface area contributed by atoms with Crippen molar-refractivity contribution in [1.29, 1.82) is 5.41 Å². The molecular formula is C19H19N5O. The zero-order valence-corrected chi connectivity index (χ0v) is 13.9. The molecule has 0 atom stereocenters. The molecule has 0 aliphatic heterocycles. The molecule has 6 heteroatoms. The minimum atomic E-state index is -0.216. The molecule has 0 unspecified atom stereocenters. The van der Waals surface area contributed by atoms with Gasteiger partial charge in [0.1, 0.15) is 5.82 Å². The first-order chi connectivity index (χ1) is 12.1. The van der Waals surface area contributed by atoms with Gasteiger partial charge in [0.05, 0.1) is 5.56 Å². The Bertz CT molecular complexity index is 993. The predicted molar refractivity (Wildman–Crippen MR) is 102 cm³/mol. The third kappa shape index (κ3) is 2.89. The second-order valence-electron chi connectivity index (χ2n) is 5.64. The lowest BCUT2D eigenvalue weighted by atomic mass is 9.99. The van der Waals surface area contributed by atoms with Crippen molar-refractivity contribution >= 4 is 17.7 Å². The number of nitrogens with two attached hydrogens (primary N) is 2. The van der Waals surface area contributed by atoms with E-state index in [1.807, 2.05) is 37.3 Å². The van der Waals surface area contributed by atoms with Crippen LogP contribution in [0.5, 0.6) is 0 Å². The fourth-order valence-electron chi connectivity index (χ4n) is 2.85. The summed E-state index contributed by atoms with van der Waals surface area (Å²) in [5.41, 5.74) is 15.9. The molecule has 0 bridgehead atoms. The largest absolute Gasteiger partial charge is 0.398 e. The van der Waals surface area contributed by atoms with Crippen molar-refractivity contribution in [3.63, 3.8) is 0 Å². The van der Waals surface area contributed by atoms with Crippen LogP contribution in [0.3, 0.4) is 0 Å². The highest BCUT2D eigenvalue weighted by Crippen LogP contribution is 2.30. The van der Waals surface area contributed by atoms with E-state index in [4.69, 9.17) is 16.9 Å². The number of benzene rings is 1. The molecular weight excluding hydrogens is 314 g/mol. The highest BCUT2D eigenvalue weighted by molar-refractivity contribution is 5.88. The lowest BCUT2D eigenvalue weighted by Crippen LogP contribution is -2.25. The molecule has 1 aromatic carbocycles. The van der Waals surface area contributed by atoms with Crippen molar-refractivity contribution in [3.8, 4) is 22.3 Å². The van der Waals surface area contributed by atoms with Crippen molar-refractivity contribution in [2.24, 2.45) is 0 Å². The van der Waals surface area contributed by atoms with E-state index >= 15 is 0 Å². The van der Waals surface area contributed by atoms with Crippen LogP contribution < -0.4 is 17.0 Å². The van der Waals surface area contributed by atoms with Crippen LogP contribution >= 0.6 is 0 Å². The van der Waals surface area contributed by atoms with Gasteiger partial charge >= 0.3 is 0 Å². The Morgan fingerprint density at radius 3 is 2.56 bits per heavy atom. The molecule has 0 spiro atoms. The molecule has 5 N–H and O–H groups in total. The third-order valence-corrected chi connectivity index (χ3v) is 4.17. The van der Waals surface area contributed by atoms with Gasteiger partial charge in [0.15, 0.2) is 0 Å². The number of anilines is 2. The van der Waals surface area contributed by atoms with Gasteiger partial charge in [0.2, 0.25) is 0 Å². The second-order valence-corrected chi connectivity index (χ2v) is 5.64. The number of rotatable bonds is 4. The zero-order valence-electron chi connectivity index (χ0n) is 13.9. The van der Waals surface area contributed by atoms with Gasteiger partial charge in [-0.2, -0.15) is 0 Å².